The van der Waals surface area contributed by atoms with Gasteiger partial charge in [0.25, 0.3) is 5.91 Å². The second-order valence-electron chi connectivity index (χ2n) is 10.0. The van der Waals surface area contributed by atoms with Crippen LogP contribution in [0.4, 0.5) is 4.79 Å². The van der Waals surface area contributed by atoms with Crippen molar-refractivity contribution in [2.45, 2.75) is 44.8 Å². The molecular formula is C28H33ClN6O5. The Labute approximate surface area is 237 Å². The predicted octanol–water partition coefficient (Wildman–Crippen LogP) is 4.48. The molecule has 5 rings (SSSR count). The first kappa shape index (κ1) is 27.7. The number of halogens is 1. The molecule has 1 fully saturated rings. The lowest BCUT2D eigenvalue weighted by atomic mass is 9.98. The highest BCUT2D eigenvalue weighted by atomic mass is 35.5. The standard InChI is InChI=1S/C28H33ClN6O5/c1-16(2)34-22(21-15-31-27(39-5)32-25(21)38-4)14-20-24(34)23(17-6-8-18(29)9-7-17)35(26(20)36)19-10-12-33(13-11-19)40-28(37)30-3/h6-9,14-16,19,23H,10-13H2,1-5H3,(H,30,37). The van der Waals surface area contributed by atoms with Gasteiger partial charge in [0.05, 0.1) is 42.8 Å². The molecule has 11 nitrogen and oxygen atoms in total. The van der Waals surface area contributed by atoms with Gasteiger partial charge in [-0.25, -0.2) is 9.78 Å². The molecule has 12 heteroatoms. The van der Waals surface area contributed by atoms with Gasteiger partial charge in [-0.3, -0.25) is 4.79 Å². The molecule has 3 aromatic rings. The van der Waals surface area contributed by atoms with Crippen molar-refractivity contribution < 1.29 is 23.9 Å². The number of aromatic nitrogens is 3. The van der Waals surface area contributed by atoms with Crippen molar-refractivity contribution >= 4 is 23.6 Å². The van der Waals surface area contributed by atoms with Crippen LogP contribution in [0.5, 0.6) is 11.9 Å². The van der Waals surface area contributed by atoms with Crippen LogP contribution in [0.2, 0.25) is 5.02 Å². The molecule has 2 aliphatic rings. The van der Waals surface area contributed by atoms with Crippen LogP contribution in [0, 0.1) is 0 Å². The third kappa shape index (κ3) is 4.95. The number of amides is 2. The monoisotopic (exact) mass is 568 g/mol. The minimum Gasteiger partial charge on any atom is -0.480 e. The SMILES string of the molecule is CNC(=O)ON1CCC(N2C(=O)c3cc(-c4cnc(OC)nc4OC)n(C(C)C)c3C2c2ccc(Cl)cc2)CC1. The minimum absolute atomic E-state index is 0.0101. The highest BCUT2D eigenvalue weighted by Crippen LogP contribution is 2.47. The number of rotatable bonds is 7. The molecule has 1 N–H and O–H groups in total. The van der Waals surface area contributed by atoms with E-state index in [2.05, 4.69) is 33.7 Å². The first-order chi connectivity index (χ1) is 19.3. The number of carbonyl (C=O) groups excluding carboxylic acids is 2. The maximum absolute atomic E-state index is 14.2. The number of nitrogens with one attached hydrogen (secondary N) is 1. The van der Waals surface area contributed by atoms with Gasteiger partial charge >= 0.3 is 12.1 Å². The number of nitrogens with zero attached hydrogens (tertiary/aromatic N) is 5. The highest BCUT2D eigenvalue weighted by Gasteiger charge is 2.46. The van der Waals surface area contributed by atoms with Crippen molar-refractivity contribution in [1.82, 2.24) is 29.8 Å². The maximum Gasteiger partial charge on any atom is 0.426 e. The third-order valence-corrected chi connectivity index (χ3v) is 7.65. The molecule has 0 spiro atoms. The van der Waals surface area contributed by atoms with Crippen LogP contribution in [0.3, 0.4) is 0 Å². The summed E-state index contributed by atoms with van der Waals surface area (Å²) < 4.78 is 13.0. The fraction of sp³-hybridized carbons (Fsp3) is 0.429. The van der Waals surface area contributed by atoms with Gasteiger partial charge in [0.1, 0.15) is 0 Å². The number of ether oxygens (including phenoxy) is 2. The van der Waals surface area contributed by atoms with Crippen LogP contribution in [-0.4, -0.2) is 76.9 Å². The van der Waals surface area contributed by atoms with Gasteiger partial charge in [-0.15, -0.1) is 5.06 Å². The molecule has 212 valence electrons. The molecular weight excluding hydrogens is 536 g/mol. The van der Waals surface area contributed by atoms with E-state index in [1.54, 1.807) is 18.4 Å². The first-order valence-corrected chi connectivity index (χ1v) is 13.6. The Morgan fingerprint density at radius 1 is 1.10 bits per heavy atom. The molecule has 40 heavy (non-hydrogen) atoms. The molecule has 1 aromatic carbocycles. The lowest BCUT2D eigenvalue weighted by Crippen LogP contribution is -2.47. The molecule has 1 atom stereocenters. The molecule has 0 bridgehead atoms. The van der Waals surface area contributed by atoms with Crippen molar-refractivity contribution in [3.63, 3.8) is 0 Å². The van der Waals surface area contributed by atoms with E-state index in [0.29, 0.717) is 48.0 Å². The number of hydrogen-bond donors (Lipinski definition) is 1. The number of benzene rings is 1. The van der Waals surface area contributed by atoms with Gasteiger partial charge in [0, 0.05) is 43.4 Å². The third-order valence-electron chi connectivity index (χ3n) is 7.40. The first-order valence-electron chi connectivity index (χ1n) is 13.2. The largest absolute Gasteiger partial charge is 0.480 e. The number of carbonyl (C=O) groups is 2. The topological polar surface area (TPSA) is 111 Å². The van der Waals surface area contributed by atoms with E-state index >= 15 is 0 Å². The Bertz CT molecular complexity index is 1400. The summed E-state index contributed by atoms with van der Waals surface area (Å²) in [7, 11) is 4.57. The van der Waals surface area contributed by atoms with Gasteiger partial charge in [-0.2, -0.15) is 4.98 Å². The fourth-order valence-corrected chi connectivity index (χ4v) is 5.76. The van der Waals surface area contributed by atoms with Gasteiger partial charge in [-0.1, -0.05) is 23.7 Å². The zero-order valence-corrected chi connectivity index (χ0v) is 23.9. The summed E-state index contributed by atoms with van der Waals surface area (Å²) >= 11 is 6.25. The Balaban J connectivity index is 1.59. The Kier molecular flexibility index (Phi) is 7.86. The quantitative estimate of drug-likeness (QED) is 0.444. The molecule has 2 amide bonds. The minimum atomic E-state index is -0.501. The lowest BCUT2D eigenvalue weighted by molar-refractivity contribution is -0.120. The molecule has 0 radical (unpaired) electrons. The second kappa shape index (κ2) is 11.3. The summed E-state index contributed by atoms with van der Waals surface area (Å²) in [6.07, 6.45) is 2.48. The van der Waals surface area contributed by atoms with Crippen LogP contribution in [0.15, 0.2) is 36.5 Å². The van der Waals surface area contributed by atoms with Crippen LogP contribution >= 0.6 is 11.6 Å². The van der Waals surface area contributed by atoms with E-state index in [1.807, 2.05) is 35.2 Å². The molecule has 2 aliphatic heterocycles. The number of fused-ring (bicyclic) bond motifs is 1. The van der Waals surface area contributed by atoms with E-state index in [-0.39, 0.29) is 30.0 Å². The van der Waals surface area contributed by atoms with E-state index in [0.717, 1.165) is 17.0 Å². The average molecular weight is 569 g/mol. The van der Waals surface area contributed by atoms with Gasteiger partial charge in [0.15, 0.2) is 0 Å². The molecule has 0 aliphatic carbocycles. The van der Waals surface area contributed by atoms with Crippen molar-refractivity contribution in [3.8, 4) is 23.1 Å². The fourth-order valence-electron chi connectivity index (χ4n) is 5.64. The molecule has 2 aromatic heterocycles. The number of piperidine rings is 1. The van der Waals surface area contributed by atoms with Crippen LogP contribution in [0.25, 0.3) is 11.3 Å². The second-order valence-corrected chi connectivity index (χ2v) is 10.5. The zero-order chi connectivity index (χ0) is 28.6. The normalized spacial score (nSPS) is 17.7. The van der Waals surface area contributed by atoms with E-state index in [4.69, 9.17) is 25.9 Å². The van der Waals surface area contributed by atoms with Crippen molar-refractivity contribution in [1.29, 1.82) is 0 Å². The van der Waals surface area contributed by atoms with Gasteiger partial charge in [0.2, 0.25) is 5.88 Å². The Morgan fingerprint density at radius 2 is 1.80 bits per heavy atom. The van der Waals surface area contributed by atoms with E-state index < -0.39 is 6.09 Å². The number of hydroxylamine groups is 2. The lowest BCUT2D eigenvalue weighted by Gasteiger charge is -2.39. The maximum atomic E-state index is 14.2. The van der Waals surface area contributed by atoms with Crippen LogP contribution < -0.4 is 14.8 Å². The van der Waals surface area contributed by atoms with Gasteiger partial charge < -0.3 is 29.1 Å². The van der Waals surface area contributed by atoms with Gasteiger partial charge in [-0.05, 0) is 50.5 Å². The molecule has 0 saturated carbocycles. The molecule has 1 saturated heterocycles. The number of hydrogen-bond acceptors (Lipinski definition) is 8. The molecule has 1 unspecified atom stereocenters. The van der Waals surface area contributed by atoms with Crippen molar-refractivity contribution in [3.05, 3.63) is 58.4 Å². The summed E-state index contributed by atoms with van der Waals surface area (Å²) in [5, 5.41) is 4.74. The summed E-state index contributed by atoms with van der Waals surface area (Å²) in [6, 6.07) is 9.38. The Hall–Kier alpha value is -3.83. The summed E-state index contributed by atoms with van der Waals surface area (Å²) in [4.78, 5) is 41.9. The van der Waals surface area contributed by atoms with Crippen LogP contribution in [-0.2, 0) is 4.84 Å². The van der Waals surface area contributed by atoms with Crippen molar-refractivity contribution in [2.24, 2.45) is 0 Å². The summed E-state index contributed by atoms with van der Waals surface area (Å²) in [6.45, 7) is 5.22. The predicted molar refractivity (Wildman–Crippen MR) is 149 cm³/mol. The average Bonchev–Trinajstić information content (AvgIpc) is 3.48. The molecule has 4 heterocycles. The van der Waals surface area contributed by atoms with E-state index in [1.165, 1.54) is 14.2 Å². The van der Waals surface area contributed by atoms with Crippen molar-refractivity contribution in [2.75, 3.05) is 34.4 Å². The van der Waals surface area contributed by atoms with Crippen LogP contribution in [0.1, 0.15) is 60.4 Å². The highest BCUT2D eigenvalue weighted by molar-refractivity contribution is 6.30. The van der Waals surface area contributed by atoms with E-state index in [9.17, 15) is 9.59 Å². The zero-order valence-electron chi connectivity index (χ0n) is 23.2. The smallest absolute Gasteiger partial charge is 0.426 e. The summed E-state index contributed by atoms with van der Waals surface area (Å²) in [5.74, 6) is 0.315. The summed E-state index contributed by atoms with van der Waals surface area (Å²) in [5.41, 5.74) is 3.95. The Morgan fingerprint density at radius 3 is 2.40 bits per heavy atom. The number of methoxy groups -OCH3 is 2.